The van der Waals surface area contributed by atoms with Crippen molar-refractivity contribution in [3.8, 4) is 0 Å². The quantitative estimate of drug-likeness (QED) is 0.255. The van der Waals surface area contributed by atoms with E-state index in [9.17, 15) is 19.7 Å². The maximum Gasteiger partial charge on any atom is 0.269 e. The molecular weight excluding hydrogens is 456 g/mol. The first-order valence-corrected chi connectivity index (χ1v) is 11.9. The summed E-state index contributed by atoms with van der Waals surface area (Å²) in [5.41, 5.74) is 3.53. The summed E-state index contributed by atoms with van der Waals surface area (Å²) in [6.07, 6.45) is 5.08. The summed E-state index contributed by atoms with van der Waals surface area (Å²) in [4.78, 5) is 38.4. The number of rotatable bonds is 8. The highest BCUT2D eigenvalue weighted by atomic mass is 16.6. The molecule has 1 saturated heterocycles. The molecule has 8 nitrogen and oxygen atoms in total. The summed E-state index contributed by atoms with van der Waals surface area (Å²) in [7, 11) is 0. The first kappa shape index (κ1) is 24.7. The fourth-order valence-electron chi connectivity index (χ4n) is 4.19. The van der Waals surface area contributed by atoms with Gasteiger partial charge in [0, 0.05) is 42.7 Å². The number of hydrogen-bond acceptors (Lipinski definition) is 5. The van der Waals surface area contributed by atoms with E-state index in [1.165, 1.54) is 18.2 Å². The number of hydrogen-bond donors (Lipinski definition) is 2. The van der Waals surface area contributed by atoms with Crippen LogP contribution in [0.3, 0.4) is 0 Å². The minimum absolute atomic E-state index is 0.0120. The van der Waals surface area contributed by atoms with Crippen molar-refractivity contribution in [1.29, 1.82) is 0 Å². The van der Waals surface area contributed by atoms with E-state index in [0.29, 0.717) is 16.8 Å². The first-order chi connectivity index (χ1) is 17.4. The summed E-state index contributed by atoms with van der Waals surface area (Å²) in [6, 6.07) is 20.9. The Kier molecular flexibility index (Phi) is 7.75. The standard InChI is InChI=1S/C28H28N4O4/c1-20(22-7-3-2-4-8-22)29-28(34)25-19-23(12-15-26(25)31-17-5-6-18-31)30-27(33)16-11-21-9-13-24(14-10-21)32(35)36/h2-4,7-16,19-20H,5-6,17-18H2,1H3,(H,29,34)(H,30,33)/b16-11+. The molecule has 1 atom stereocenters. The highest BCUT2D eigenvalue weighted by molar-refractivity contribution is 6.05. The van der Waals surface area contributed by atoms with Gasteiger partial charge in [0.15, 0.2) is 0 Å². The van der Waals surface area contributed by atoms with Gasteiger partial charge in [0.05, 0.1) is 16.5 Å². The summed E-state index contributed by atoms with van der Waals surface area (Å²) >= 11 is 0. The molecule has 1 aliphatic rings. The number of carbonyl (C=O) groups is 2. The van der Waals surface area contributed by atoms with Crippen molar-refractivity contribution >= 4 is 35.0 Å². The van der Waals surface area contributed by atoms with Crippen LogP contribution in [0.15, 0.2) is 78.9 Å². The molecule has 8 heteroatoms. The van der Waals surface area contributed by atoms with E-state index in [1.54, 1.807) is 30.3 Å². The molecule has 2 amide bonds. The zero-order valence-electron chi connectivity index (χ0n) is 20.0. The number of non-ortho nitro benzene ring substituents is 1. The lowest BCUT2D eigenvalue weighted by atomic mass is 10.1. The maximum absolute atomic E-state index is 13.3. The van der Waals surface area contributed by atoms with Gasteiger partial charge in [-0.2, -0.15) is 0 Å². The number of anilines is 2. The van der Waals surface area contributed by atoms with E-state index in [4.69, 9.17) is 0 Å². The van der Waals surface area contributed by atoms with Crippen LogP contribution in [0.4, 0.5) is 17.1 Å². The van der Waals surface area contributed by atoms with Gasteiger partial charge in [-0.05, 0) is 67.3 Å². The number of nitrogens with one attached hydrogen (secondary N) is 2. The molecule has 184 valence electrons. The van der Waals surface area contributed by atoms with E-state index >= 15 is 0 Å². The Balaban J connectivity index is 1.50. The van der Waals surface area contributed by atoms with Gasteiger partial charge in [-0.3, -0.25) is 19.7 Å². The number of carbonyl (C=O) groups excluding carboxylic acids is 2. The van der Waals surface area contributed by atoms with Gasteiger partial charge in [0.1, 0.15) is 0 Å². The van der Waals surface area contributed by atoms with Crippen LogP contribution < -0.4 is 15.5 Å². The van der Waals surface area contributed by atoms with Crippen LogP contribution in [-0.2, 0) is 4.79 Å². The minimum Gasteiger partial charge on any atom is -0.371 e. The average molecular weight is 485 g/mol. The maximum atomic E-state index is 13.3. The Bertz CT molecular complexity index is 1270. The predicted molar refractivity (Wildman–Crippen MR) is 141 cm³/mol. The summed E-state index contributed by atoms with van der Waals surface area (Å²) in [6.45, 7) is 3.72. The van der Waals surface area contributed by atoms with Gasteiger partial charge >= 0.3 is 0 Å². The molecule has 1 aliphatic heterocycles. The third-order valence-electron chi connectivity index (χ3n) is 6.13. The largest absolute Gasteiger partial charge is 0.371 e. The molecule has 0 aromatic heterocycles. The molecule has 1 heterocycles. The zero-order chi connectivity index (χ0) is 25.5. The topological polar surface area (TPSA) is 105 Å². The molecule has 0 spiro atoms. The van der Waals surface area contributed by atoms with Crippen molar-refractivity contribution in [2.75, 3.05) is 23.3 Å². The predicted octanol–water partition coefficient (Wildman–Crippen LogP) is 5.34. The van der Waals surface area contributed by atoms with Crippen molar-refractivity contribution in [3.63, 3.8) is 0 Å². The van der Waals surface area contributed by atoms with E-state index in [-0.39, 0.29) is 23.5 Å². The van der Waals surface area contributed by atoms with E-state index in [1.807, 2.05) is 43.3 Å². The number of amides is 2. The normalized spacial score (nSPS) is 14.0. The number of nitro benzene ring substituents is 1. The van der Waals surface area contributed by atoms with Crippen molar-refractivity contribution in [1.82, 2.24) is 5.32 Å². The summed E-state index contributed by atoms with van der Waals surface area (Å²) in [5.74, 6) is -0.572. The Morgan fingerprint density at radius 2 is 1.69 bits per heavy atom. The fraction of sp³-hybridized carbons (Fsp3) is 0.214. The van der Waals surface area contributed by atoms with E-state index in [2.05, 4.69) is 15.5 Å². The Hall–Kier alpha value is -4.46. The SMILES string of the molecule is CC(NC(=O)c1cc(NC(=O)/C=C/c2ccc([N+](=O)[O-])cc2)ccc1N1CCCC1)c1ccccc1. The Labute approximate surface area is 209 Å². The molecule has 4 rings (SSSR count). The van der Waals surface area contributed by atoms with Crippen LogP contribution in [0.5, 0.6) is 0 Å². The number of nitrogens with zero attached hydrogens (tertiary/aromatic N) is 2. The summed E-state index contributed by atoms with van der Waals surface area (Å²) < 4.78 is 0. The van der Waals surface area contributed by atoms with Crippen molar-refractivity contribution in [2.45, 2.75) is 25.8 Å². The van der Waals surface area contributed by atoms with Crippen LogP contribution in [0.2, 0.25) is 0 Å². The third-order valence-corrected chi connectivity index (χ3v) is 6.13. The van der Waals surface area contributed by atoms with Crippen molar-refractivity contribution < 1.29 is 14.5 Å². The first-order valence-electron chi connectivity index (χ1n) is 11.9. The van der Waals surface area contributed by atoms with Gasteiger partial charge < -0.3 is 15.5 Å². The van der Waals surface area contributed by atoms with Crippen LogP contribution in [0.1, 0.15) is 47.3 Å². The minimum atomic E-state index is -0.472. The highest BCUT2D eigenvalue weighted by Gasteiger charge is 2.21. The lowest BCUT2D eigenvalue weighted by Crippen LogP contribution is -2.29. The fourth-order valence-corrected chi connectivity index (χ4v) is 4.19. The average Bonchev–Trinajstić information content (AvgIpc) is 3.43. The third kappa shape index (κ3) is 6.15. The van der Waals surface area contributed by atoms with Gasteiger partial charge in [-0.1, -0.05) is 30.3 Å². The molecule has 3 aromatic rings. The van der Waals surface area contributed by atoms with Crippen LogP contribution in [0.25, 0.3) is 6.08 Å². The molecule has 1 fully saturated rings. The van der Waals surface area contributed by atoms with Gasteiger partial charge in [0.2, 0.25) is 5.91 Å². The van der Waals surface area contributed by atoms with Crippen molar-refractivity contribution in [3.05, 3.63) is 106 Å². The van der Waals surface area contributed by atoms with E-state index < -0.39 is 4.92 Å². The molecular formula is C28H28N4O4. The Morgan fingerprint density at radius 1 is 1.00 bits per heavy atom. The van der Waals surface area contributed by atoms with Gasteiger partial charge in [-0.15, -0.1) is 0 Å². The molecule has 3 aromatic carbocycles. The zero-order valence-corrected chi connectivity index (χ0v) is 20.0. The number of nitro groups is 1. The van der Waals surface area contributed by atoms with Crippen LogP contribution >= 0.6 is 0 Å². The monoisotopic (exact) mass is 484 g/mol. The van der Waals surface area contributed by atoms with Crippen LogP contribution in [0, 0.1) is 10.1 Å². The molecule has 1 unspecified atom stereocenters. The van der Waals surface area contributed by atoms with E-state index in [0.717, 1.165) is 37.2 Å². The second-order valence-corrected chi connectivity index (χ2v) is 8.70. The molecule has 2 N–H and O–H groups in total. The summed E-state index contributed by atoms with van der Waals surface area (Å²) in [5, 5.41) is 16.7. The highest BCUT2D eigenvalue weighted by Crippen LogP contribution is 2.28. The van der Waals surface area contributed by atoms with Gasteiger partial charge in [-0.25, -0.2) is 0 Å². The lowest BCUT2D eigenvalue weighted by molar-refractivity contribution is -0.384. The second-order valence-electron chi connectivity index (χ2n) is 8.70. The smallest absolute Gasteiger partial charge is 0.269 e. The Morgan fingerprint density at radius 3 is 2.36 bits per heavy atom. The number of benzene rings is 3. The second kappa shape index (κ2) is 11.3. The van der Waals surface area contributed by atoms with Gasteiger partial charge in [0.25, 0.3) is 11.6 Å². The molecule has 0 saturated carbocycles. The lowest BCUT2D eigenvalue weighted by Gasteiger charge is -2.23. The molecule has 0 aliphatic carbocycles. The molecule has 0 radical (unpaired) electrons. The molecule has 36 heavy (non-hydrogen) atoms. The van der Waals surface area contributed by atoms with Crippen molar-refractivity contribution in [2.24, 2.45) is 0 Å². The van der Waals surface area contributed by atoms with Crippen LogP contribution in [-0.4, -0.2) is 29.8 Å². The molecule has 0 bridgehead atoms.